The number of nitrogens with zero attached hydrogens (tertiary/aromatic N) is 2. The van der Waals surface area contributed by atoms with E-state index in [1.807, 2.05) is 12.1 Å². The molecule has 3 aromatic rings. The molecule has 0 aliphatic rings. The highest BCUT2D eigenvalue weighted by atomic mass is 35.5. The second-order valence-electron chi connectivity index (χ2n) is 7.64. The largest absolute Gasteiger partial charge is 0.361 e. The highest BCUT2D eigenvalue weighted by Gasteiger charge is 2.29. The second-order valence-corrected chi connectivity index (χ2v) is 8.08. The quantitative estimate of drug-likeness (QED) is 0.555. The number of fused-ring (bicyclic) bond motifs is 1. The first-order valence-corrected chi connectivity index (χ1v) is 10.1. The highest BCUT2D eigenvalue weighted by Crippen LogP contribution is 2.24. The number of amides is 1. The highest BCUT2D eigenvalue weighted by molar-refractivity contribution is 6.30. The number of aromatic nitrogens is 1. The smallest absolute Gasteiger partial charge is 0.240 e. The molecule has 0 saturated carbocycles. The zero-order valence-corrected chi connectivity index (χ0v) is 18.0. The molecular weight excluding hydrogens is 405 g/mol. The van der Waals surface area contributed by atoms with Crippen molar-refractivity contribution in [3.8, 4) is 0 Å². The molecule has 30 heavy (non-hydrogen) atoms. The van der Waals surface area contributed by atoms with Gasteiger partial charge in [0.15, 0.2) is 0 Å². The molecule has 3 rings (SSSR count). The van der Waals surface area contributed by atoms with Crippen molar-refractivity contribution in [2.45, 2.75) is 24.9 Å². The Kier molecular flexibility index (Phi) is 6.90. The van der Waals surface area contributed by atoms with Crippen LogP contribution in [0, 0.1) is 5.82 Å². The maximum atomic E-state index is 14.4. The first kappa shape index (κ1) is 22.0. The normalized spacial score (nSPS) is 13.4. The summed E-state index contributed by atoms with van der Waals surface area (Å²) >= 11 is 5.92. The number of H-pyrrole nitrogens is 1. The molecule has 1 N–H and O–H groups in total. The fraction of sp³-hybridized carbons (Fsp3) is 0.304. The SMILES string of the molecule is CN(C)C(Cc1c[nH]c2cccc(F)c12)C(=O)N(C)C(C=O)Cc1ccc(Cl)cc1. The summed E-state index contributed by atoms with van der Waals surface area (Å²) in [6.07, 6.45) is 3.24. The van der Waals surface area contributed by atoms with Gasteiger partial charge in [-0.1, -0.05) is 29.8 Å². The van der Waals surface area contributed by atoms with Crippen LogP contribution in [-0.2, 0) is 22.4 Å². The number of nitrogens with one attached hydrogen (secondary N) is 1. The van der Waals surface area contributed by atoms with E-state index in [1.165, 1.54) is 11.0 Å². The molecule has 2 aromatic carbocycles. The van der Waals surface area contributed by atoms with Gasteiger partial charge in [-0.25, -0.2) is 4.39 Å². The van der Waals surface area contributed by atoms with Crippen molar-refractivity contribution in [2.24, 2.45) is 0 Å². The topological polar surface area (TPSA) is 56.4 Å². The minimum Gasteiger partial charge on any atom is -0.361 e. The molecule has 0 fully saturated rings. The van der Waals surface area contributed by atoms with Crippen molar-refractivity contribution in [1.29, 1.82) is 0 Å². The molecule has 0 spiro atoms. The van der Waals surface area contributed by atoms with E-state index in [-0.39, 0.29) is 11.7 Å². The van der Waals surface area contributed by atoms with Gasteiger partial charge >= 0.3 is 0 Å². The predicted molar refractivity (Wildman–Crippen MR) is 117 cm³/mol. The third kappa shape index (κ3) is 4.71. The maximum absolute atomic E-state index is 14.4. The summed E-state index contributed by atoms with van der Waals surface area (Å²) in [6.45, 7) is 0. The summed E-state index contributed by atoms with van der Waals surface area (Å²) in [4.78, 5) is 31.4. The van der Waals surface area contributed by atoms with Crippen LogP contribution in [-0.4, -0.2) is 60.2 Å². The van der Waals surface area contributed by atoms with Gasteiger partial charge in [0.25, 0.3) is 0 Å². The van der Waals surface area contributed by atoms with Gasteiger partial charge in [0.1, 0.15) is 12.1 Å². The second kappa shape index (κ2) is 9.41. The van der Waals surface area contributed by atoms with Gasteiger partial charge in [0.05, 0.1) is 12.1 Å². The lowest BCUT2D eigenvalue weighted by Gasteiger charge is -2.31. The summed E-state index contributed by atoms with van der Waals surface area (Å²) in [6, 6.07) is 10.9. The number of aromatic amines is 1. The van der Waals surface area contributed by atoms with Crippen molar-refractivity contribution in [1.82, 2.24) is 14.8 Å². The van der Waals surface area contributed by atoms with E-state index in [0.717, 1.165) is 17.4 Å². The number of carbonyl (C=O) groups is 2. The molecule has 0 radical (unpaired) electrons. The zero-order chi connectivity index (χ0) is 21.8. The van der Waals surface area contributed by atoms with E-state index in [9.17, 15) is 14.0 Å². The molecule has 2 unspecified atom stereocenters. The summed E-state index contributed by atoms with van der Waals surface area (Å²) < 4.78 is 14.4. The van der Waals surface area contributed by atoms with Crippen molar-refractivity contribution in [3.05, 3.63) is 70.6 Å². The molecule has 158 valence electrons. The van der Waals surface area contributed by atoms with Crippen LogP contribution in [0.5, 0.6) is 0 Å². The molecule has 7 heteroatoms. The lowest BCUT2D eigenvalue weighted by molar-refractivity contribution is -0.139. The zero-order valence-electron chi connectivity index (χ0n) is 17.2. The van der Waals surface area contributed by atoms with Gasteiger partial charge in [-0.15, -0.1) is 0 Å². The standard InChI is InChI=1S/C23H25ClFN3O2/c1-27(2)21(12-16-13-26-20-6-4-5-19(25)22(16)20)23(30)28(3)18(14-29)11-15-7-9-17(24)10-8-15/h4-10,13-14,18,21,26H,11-12H2,1-3H3. The third-order valence-corrected chi connectivity index (χ3v) is 5.67. The fourth-order valence-electron chi connectivity index (χ4n) is 3.60. The van der Waals surface area contributed by atoms with Crippen LogP contribution >= 0.6 is 11.6 Å². The van der Waals surface area contributed by atoms with Crippen molar-refractivity contribution in [2.75, 3.05) is 21.1 Å². The summed E-state index contributed by atoms with van der Waals surface area (Å²) in [5.41, 5.74) is 2.33. The van der Waals surface area contributed by atoms with Gasteiger partial charge in [0.2, 0.25) is 5.91 Å². The van der Waals surface area contributed by atoms with Crippen LogP contribution in [0.2, 0.25) is 5.02 Å². The van der Waals surface area contributed by atoms with E-state index in [2.05, 4.69) is 4.98 Å². The number of hydrogen-bond donors (Lipinski definition) is 1. The molecule has 0 aliphatic heterocycles. The third-order valence-electron chi connectivity index (χ3n) is 5.42. The Morgan fingerprint density at radius 1 is 1.13 bits per heavy atom. The van der Waals surface area contributed by atoms with Crippen LogP contribution in [0.25, 0.3) is 10.9 Å². The van der Waals surface area contributed by atoms with Gasteiger partial charge < -0.3 is 14.7 Å². The van der Waals surface area contributed by atoms with Crippen LogP contribution in [0.4, 0.5) is 4.39 Å². The average Bonchev–Trinajstić information content (AvgIpc) is 3.14. The van der Waals surface area contributed by atoms with Crippen molar-refractivity contribution >= 4 is 34.7 Å². The molecule has 2 atom stereocenters. The fourth-order valence-corrected chi connectivity index (χ4v) is 3.73. The summed E-state index contributed by atoms with van der Waals surface area (Å²) in [5, 5.41) is 1.11. The Hall–Kier alpha value is -2.70. The summed E-state index contributed by atoms with van der Waals surface area (Å²) in [5.74, 6) is -0.521. The average molecular weight is 430 g/mol. The minimum absolute atomic E-state index is 0.197. The molecule has 5 nitrogen and oxygen atoms in total. The molecule has 0 saturated heterocycles. The Morgan fingerprint density at radius 2 is 1.83 bits per heavy atom. The number of benzene rings is 2. The number of likely N-dealkylation sites (N-methyl/N-ethyl adjacent to an activating group) is 2. The van der Waals surface area contributed by atoms with Crippen LogP contribution < -0.4 is 0 Å². The Balaban J connectivity index is 1.81. The van der Waals surface area contributed by atoms with Gasteiger partial charge in [-0.2, -0.15) is 0 Å². The molecule has 1 heterocycles. The van der Waals surface area contributed by atoms with Crippen LogP contribution in [0.1, 0.15) is 11.1 Å². The molecular formula is C23H25ClFN3O2. The van der Waals surface area contributed by atoms with Crippen LogP contribution in [0.3, 0.4) is 0 Å². The van der Waals surface area contributed by atoms with E-state index >= 15 is 0 Å². The Labute approximate surface area is 180 Å². The number of aldehydes is 1. The van der Waals surface area contributed by atoms with Gasteiger partial charge in [0, 0.05) is 29.2 Å². The minimum atomic E-state index is -0.610. The first-order chi connectivity index (χ1) is 14.3. The molecule has 1 amide bonds. The number of hydrogen-bond acceptors (Lipinski definition) is 3. The van der Waals surface area contributed by atoms with E-state index in [0.29, 0.717) is 28.8 Å². The molecule has 0 bridgehead atoms. The van der Waals surface area contributed by atoms with Crippen LogP contribution in [0.15, 0.2) is 48.7 Å². The van der Waals surface area contributed by atoms with E-state index in [4.69, 9.17) is 11.6 Å². The van der Waals surface area contributed by atoms with E-state index in [1.54, 1.807) is 56.5 Å². The number of halogens is 2. The lowest BCUT2D eigenvalue weighted by atomic mass is 10.0. The number of rotatable bonds is 8. The number of carbonyl (C=O) groups excluding carboxylic acids is 2. The Morgan fingerprint density at radius 3 is 2.47 bits per heavy atom. The van der Waals surface area contributed by atoms with E-state index < -0.39 is 12.1 Å². The van der Waals surface area contributed by atoms with Gasteiger partial charge in [-0.05, 0) is 62.3 Å². The summed E-state index contributed by atoms with van der Waals surface area (Å²) in [7, 11) is 5.23. The molecule has 0 aliphatic carbocycles. The first-order valence-electron chi connectivity index (χ1n) is 9.69. The Bertz CT molecular complexity index is 1030. The maximum Gasteiger partial charge on any atom is 0.240 e. The molecule has 1 aromatic heterocycles. The monoisotopic (exact) mass is 429 g/mol. The van der Waals surface area contributed by atoms with Crippen molar-refractivity contribution < 1.29 is 14.0 Å². The lowest BCUT2D eigenvalue weighted by Crippen LogP contribution is -2.50. The van der Waals surface area contributed by atoms with Gasteiger partial charge in [-0.3, -0.25) is 9.69 Å². The van der Waals surface area contributed by atoms with Crippen molar-refractivity contribution in [3.63, 3.8) is 0 Å². The predicted octanol–water partition coefficient (Wildman–Crippen LogP) is 3.70.